The summed E-state index contributed by atoms with van der Waals surface area (Å²) in [5.41, 5.74) is 5.12. The van der Waals surface area contributed by atoms with Gasteiger partial charge < -0.3 is 11.1 Å². The maximum absolute atomic E-state index is 12.3. The van der Waals surface area contributed by atoms with Crippen LogP contribution in [0.15, 0.2) is 11.6 Å². The molecule has 4 nitrogen and oxygen atoms in total. The molecule has 0 bridgehead atoms. The molecule has 0 aromatic carbocycles. The van der Waals surface area contributed by atoms with Crippen LogP contribution in [0.25, 0.3) is 0 Å². The zero-order chi connectivity index (χ0) is 12.3. The van der Waals surface area contributed by atoms with E-state index in [1.165, 1.54) is 11.3 Å². The smallest absolute Gasteiger partial charge is 0.239 e. The molecule has 3 N–H and O–H groups in total. The predicted octanol–water partition coefficient (Wildman–Crippen LogP) is 2.32. The molecule has 0 aliphatic heterocycles. The molecule has 0 spiro atoms. The number of thiazole rings is 1. The minimum Gasteiger partial charge on any atom is -0.392 e. The third-order valence-corrected chi connectivity index (χ3v) is 4.35. The van der Waals surface area contributed by atoms with Crippen molar-refractivity contribution < 1.29 is 4.79 Å². The number of nitrogens with one attached hydrogen (secondary N) is 1. The van der Waals surface area contributed by atoms with E-state index in [4.69, 9.17) is 18.0 Å². The average molecular weight is 269 g/mol. The Labute approximate surface area is 110 Å². The lowest BCUT2D eigenvalue weighted by molar-refractivity contribution is -0.123. The molecule has 1 aliphatic rings. The molecule has 1 fully saturated rings. The number of nitrogens with zero attached hydrogens (tertiary/aromatic N) is 1. The van der Waals surface area contributed by atoms with Crippen molar-refractivity contribution in [3.8, 4) is 0 Å². The summed E-state index contributed by atoms with van der Waals surface area (Å²) >= 11 is 6.50. The predicted molar refractivity (Wildman–Crippen MR) is 73.0 cm³/mol. The van der Waals surface area contributed by atoms with Crippen LogP contribution in [-0.4, -0.2) is 15.9 Å². The molecule has 0 saturated heterocycles. The van der Waals surface area contributed by atoms with Crippen LogP contribution in [0.5, 0.6) is 0 Å². The second-order valence-corrected chi connectivity index (χ2v) is 5.63. The van der Waals surface area contributed by atoms with Gasteiger partial charge in [0.2, 0.25) is 5.91 Å². The maximum atomic E-state index is 12.3. The van der Waals surface area contributed by atoms with E-state index in [1.807, 2.05) is 5.38 Å². The zero-order valence-corrected chi connectivity index (χ0v) is 11.1. The van der Waals surface area contributed by atoms with Gasteiger partial charge in [-0.3, -0.25) is 4.79 Å². The van der Waals surface area contributed by atoms with Gasteiger partial charge in [0.1, 0.15) is 0 Å². The first kappa shape index (κ1) is 12.4. The Morgan fingerprint density at radius 1 is 1.47 bits per heavy atom. The molecule has 1 saturated carbocycles. The minimum absolute atomic E-state index is 0.0975. The molecule has 0 radical (unpaired) electrons. The Morgan fingerprint density at radius 3 is 2.71 bits per heavy atom. The van der Waals surface area contributed by atoms with E-state index in [1.54, 1.807) is 6.20 Å². The van der Waals surface area contributed by atoms with Crippen molar-refractivity contribution in [3.05, 3.63) is 11.6 Å². The molecule has 0 unspecified atom stereocenters. The van der Waals surface area contributed by atoms with Crippen LogP contribution in [0.4, 0.5) is 5.13 Å². The standard InChI is InChI=1S/C11H15N3OS2/c12-8(16)11(4-2-1-3-5-11)9(15)14-10-13-6-7-17-10/h6-7H,1-5H2,(H2,12,16)(H,13,14,15). The topological polar surface area (TPSA) is 68.0 Å². The monoisotopic (exact) mass is 269 g/mol. The Hall–Kier alpha value is -1.01. The fraction of sp³-hybridized carbons (Fsp3) is 0.545. The van der Waals surface area contributed by atoms with E-state index in [0.29, 0.717) is 10.1 Å². The van der Waals surface area contributed by atoms with Crippen molar-refractivity contribution in [1.82, 2.24) is 4.98 Å². The van der Waals surface area contributed by atoms with Crippen LogP contribution < -0.4 is 11.1 Å². The molecule has 1 aliphatic carbocycles. The van der Waals surface area contributed by atoms with E-state index in [2.05, 4.69) is 10.3 Å². The number of carbonyl (C=O) groups is 1. The summed E-state index contributed by atoms with van der Waals surface area (Å²) in [6, 6.07) is 0. The third-order valence-electron chi connectivity index (χ3n) is 3.27. The van der Waals surface area contributed by atoms with Gasteiger partial charge in [0.15, 0.2) is 5.13 Å². The van der Waals surface area contributed by atoms with Crippen LogP contribution in [0.2, 0.25) is 0 Å². The van der Waals surface area contributed by atoms with Crippen LogP contribution in [0, 0.1) is 5.41 Å². The first-order valence-corrected chi connectivity index (χ1v) is 6.95. The van der Waals surface area contributed by atoms with Crippen LogP contribution in [0.3, 0.4) is 0 Å². The Bertz CT molecular complexity index is 410. The van der Waals surface area contributed by atoms with Gasteiger partial charge in [0.25, 0.3) is 0 Å². The molecular formula is C11H15N3OS2. The molecule has 2 rings (SSSR count). The summed E-state index contributed by atoms with van der Waals surface area (Å²) in [5.74, 6) is -0.0975. The molecule has 1 aromatic rings. The second-order valence-electron chi connectivity index (χ2n) is 4.30. The van der Waals surface area contributed by atoms with Crippen molar-refractivity contribution >= 4 is 39.6 Å². The fourth-order valence-corrected chi connectivity index (χ4v) is 3.06. The first-order valence-electron chi connectivity index (χ1n) is 5.66. The quantitative estimate of drug-likeness (QED) is 0.826. The molecular weight excluding hydrogens is 254 g/mol. The van der Waals surface area contributed by atoms with Crippen molar-refractivity contribution in [2.45, 2.75) is 32.1 Å². The van der Waals surface area contributed by atoms with Gasteiger partial charge in [0, 0.05) is 11.6 Å². The zero-order valence-electron chi connectivity index (χ0n) is 9.44. The average Bonchev–Trinajstić information content (AvgIpc) is 2.82. The second kappa shape index (κ2) is 5.10. The summed E-state index contributed by atoms with van der Waals surface area (Å²) in [5, 5.41) is 5.25. The lowest BCUT2D eigenvalue weighted by atomic mass is 9.73. The van der Waals surface area contributed by atoms with E-state index in [0.717, 1.165) is 32.1 Å². The molecule has 0 atom stereocenters. The van der Waals surface area contributed by atoms with Gasteiger partial charge in [-0.15, -0.1) is 11.3 Å². The summed E-state index contributed by atoms with van der Waals surface area (Å²) in [4.78, 5) is 16.7. The summed E-state index contributed by atoms with van der Waals surface area (Å²) < 4.78 is 0. The number of nitrogens with two attached hydrogens (primary N) is 1. The van der Waals surface area contributed by atoms with E-state index in [-0.39, 0.29) is 5.91 Å². The van der Waals surface area contributed by atoms with Crippen molar-refractivity contribution in [2.24, 2.45) is 11.1 Å². The van der Waals surface area contributed by atoms with Crippen molar-refractivity contribution in [2.75, 3.05) is 5.32 Å². The number of aromatic nitrogens is 1. The number of carbonyl (C=O) groups excluding carboxylic acids is 1. The Balaban J connectivity index is 2.15. The van der Waals surface area contributed by atoms with E-state index < -0.39 is 5.41 Å². The van der Waals surface area contributed by atoms with Gasteiger partial charge in [-0.2, -0.15) is 0 Å². The van der Waals surface area contributed by atoms with Gasteiger partial charge in [-0.1, -0.05) is 31.5 Å². The number of hydrogen-bond acceptors (Lipinski definition) is 4. The molecule has 1 amide bonds. The Kier molecular flexibility index (Phi) is 3.73. The number of hydrogen-bond donors (Lipinski definition) is 2. The Morgan fingerprint density at radius 2 is 2.18 bits per heavy atom. The number of anilines is 1. The van der Waals surface area contributed by atoms with Gasteiger partial charge in [0.05, 0.1) is 10.4 Å². The van der Waals surface area contributed by atoms with Crippen molar-refractivity contribution in [1.29, 1.82) is 0 Å². The highest BCUT2D eigenvalue weighted by Crippen LogP contribution is 2.37. The normalized spacial score (nSPS) is 18.6. The SMILES string of the molecule is NC(=S)C1(C(=O)Nc2nccs2)CCCCC1. The third kappa shape index (κ3) is 2.47. The van der Waals surface area contributed by atoms with Crippen molar-refractivity contribution in [3.63, 3.8) is 0 Å². The highest BCUT2D eigenvalue weighted by Gasteiger charge is 2.42. The molecule has 1 aromatic heterocycles. The molecule has 6 heteroatoms. The lowest BCUT2D eigenvalue weighted by Crippen LogP contribution is -2.47. The van der Waals surface area contributed by atoms with Gasteiger partial charge in [-0.05, 0) is 12.8 Å². The number of thiocarbonyl (C=S) groups is 1. The highest BCUT2D eigenvalue weighted by atomic mass is 32.1. The van der Waals surface area contributed by atoms with E-state index >= 15 is 0 Å². The lowest BCUT2D eigenvalue weighted by Gasteiger charge is -2.34. The first-order chi connectivity index (χ1) is 8.15. The number of rotatable bonds is 3. The van der Waals surface area contributed by atoms with Gasteiger partial charge in [-0.25, -0.2) is 4.98 Å². The van der Waals surface area contributed by atoms with E-state index in [9.17, 15) is 4.79 Å². The van der Waals surface area contributed by atoms with Crippen LogP contribution in [0.1, 0.15) is 32.1 Å². The fourth-order valence-electron chi connectivity index (χ4n) is 2.24. The molecule has 92 valence electrons. The number of amides is 1. The van der Waals surface area contributed by atoms with Crippen LogP contribution in [-0.2, 0) is 4.79 Å². The summed E-state index contributed by atoms with van der Waals surface area (Å²) in [6.07, 6.45) is 6.31. The van der Waals surface area contributed by atoms with Gasteiger partial charge >= 0.3 is 0 Å². The highest BCUT2D eigenvalue weighted by molar-refractivity contribution is 7.80. The minimum atomic E-state index is -0.667. The summed E-state index contributed by atoms with van der Waals surface area (Å²) in [6.45, 7) is 0. The maximum Gasteiger partial charge on any atom is 0.239 e. The summed E-state index contributed by atoms with van der Waals surface area (Å²) in [7, 11) is 0. The molecule has 1 heterocycles. The largest absolute Gasteiger partial charge is 0.392 e. The van der Waals surface area contributed by atoms with Crippen LogP contribution >= 0.6 is 23.6 Å². The molecule has 17 heavy (non-hydrogen) atoms.